The smallest absolute Gasteiger partial charge is 0.340 e. The third-order valence-corrected chi connectivity index (χ3v) is 9.91. The van der Waals surface area contributed by atoms with Crippen molar-refractivity contribution in [1.29, 1.82) is 0 Å². The summed E-state index contributed by atoms with van der Waals surface area (Å²) in [6.45, 7) is 3.72. The summed E-state index contributed by atoms with van der Waals surface area (Å²) in [6.07, 6.45) is -0.529. The Kier molecular flexibility index (Phi) is 9.58. The second kappa shape index (κ2) is 11.6. The Morgan fingerprint density at radius 3 is 1.86 bits per heavy atom. The van der Waals surface area contributed by atoms with Gasteiger partial charge in [0.25, 0.3) is 0 Å². The molecular formula is C22H31NO11P2. The van der Waals surface area contributed by atoms with E-state index < -0.39 is 56.8 Å². The van der Waals surface area contributed by atoms with E-state index in [1.165, 1.54) is 24.3 Å². The molecule has 0 saturated carbocycles. The highest BCUT2D eigenvalue weighted by atomic mass is 31.2. The first-order valence-corrected chi connectivity index (χ1v) is 14.4. The molecule has 9 N–H and O–H groups in total. The molecule has 0 aliphatic carbocycles. The van der Waals surface area contributed by atoms with Crippen LogP contribution in [0.2, 0.25) is 0 Å². The van der Waals surface area contributed by atoms with E-state index in [2.05, 4.69) is 5.32 Å². The monoisotopic (exact) mass is 547 g/mol. The molecule has 2 unspecified atom stereocenters. The Hall–Kier alpha value is -2.59. The van der Waals surface area contributed by atoms with Gasteiger partial charge in [-0.2, -0.15) is 0 Å². The van der Waals surface area contributed by atoms with Crippen LogP contribution in [-0.4, -0.2) is 51.3 Å². The summed E-state index contributed by atoms with van der Waals surface area (Å²) in [5.74, 6) is -2.86. The van der Waals surface area contributed by atoms with Crippen LogP contribution in [0.3, 0.4) is 0 Å². The molecule has 0 aromatic heterocycles. The third kappa shape index (κ3) is 7.00. The molecule has 200 valence electrons. The molecule has 12 nitrogen and oxygen atoms in total. The van der Waals surface area contributed by atoms with Gasteiger partial charge in [-0.15, -0.1) is 0 Å². The minimum Gasteiger partial charge on any atom is -0.508 e. The predicted molar refractivity (Wildman–Crippen MR) is 131 cm³/mol. The summed E-state index contributed by atoms with van der Waals surface area (Å²) in [5.41, 5.74) is 0.499. The second-order valence-electron chi connectivity index (χ2n) is 8.42. The fraction of sp³-hybridized carbons (Fsp3) is 0.409. The van der Waals surface area contributed by atoms with Crippen LogP contribution in [0, 0.1) is 0 Å². The summed E-state index contributed by atoms with van der Waals surface area (Å²) in [6, 6.07) is 6.90. The van der Waals surface area contributed by atoms with Crippen molar-refractivity contribution in [1.82, 2.24) is 0 Å². The lowest BCUT2D eigenvalue weighted by molar-refractivity contribution is -0.116. The summed E-state index contributed by atoms with van der Waals surface area (Å²) >= 11 is 0. The molecule has 2 aromatic carbocycles. The molecule has 1 amide bonds. The maximum Gasteiger partial charge on any atom is 0.340 e. The number of carbonyl (C=O) groups excluding carboxylic acids is 1. The van der Waals surface area contributed by atoms with Crippen LogP contribution < -0.4 is 5.32 Å². The molecule has 0 saturated heterocycles. The number of anilines is 1. The molecule has 0 fully saturated rings. The fourth-order valence-corrected chi connectivity index (χ4v) is 6.80. The first-order chi connectivity index (χ1) is 16.6. The second-order valence-corrected chi connectivity index (χ2v) is 12.4. The van der Waals surface area contributed by atoms with Gasteiger partial charge in [-0.1, -0.05) is 26.0 Å². The Balaban J connectivity index is 2.35. The fourth-order valence-electron chi connectivity index (χ4n) is 4.30. The van der Waals surface area contributed by atoms with Crippen molar-refractivity contribution in [3.05, 3.63) is 41.5 Å². The first kappa shape index (κ1) is 29.6. The SMILES string of the molecule is CCC(c1ccc(O)cc1O)C(CC)c1ccc(O)c(NC(=O)CCC(P(=O)(O)O)P(=O)(O)O)c1O. The number of hydrogen-bond donors (Lipinski definition) is 9. The maximum absolute atomic E-state index is 12.4. The first-order valence-electron chi connectivity index (χ1n) is 11.1. The van der Waals surface area contributed by atoms with Crippen LogP contribution in [-0.2, 0) is 13.9 Å². The molecule has 36 heavy (non-hydrogen) atoms. The zero-order valence-corrected chi connectivity index (χ0v) is 21.4. The highest BCUT2D eigenvalue weighted by molar-refractivity contribution is 7.70. The number of amides is 1. The molecule has 14 heteroatoms. The largest absolute Gasteiger partial charge is 0.508 e. The summed E-state index contributed by atoms with van der Waals surface area (Å²) < 4.78 is 22.8. The molecule has 2 atom stereocenters. The van der Waals surface area contributed by atoms with Gasteiger partial charge in [-0.25, -0.2) is 0 Å². The summed E-state index contributed by atoms with van der Waals surface area (Å²) in [4.78, 5) is 49.2. The van der Waals surface area contributed by atoms with E-state index in [-0.39, 0.29) is 23.1 Å². The van der Waals surface area contributed by atoms with Gasteiger partial charge in [0, 0.05) is 18.1 Å². The van der Waals surface area contributed by atoms with E-state index in [4.69, 9.17) is 0 Å². The van der Waals surface area contributed by atoms with Gasteiger partial charge in [0.05, 0.1) is 0 Å². The van der Waals surface area contributed by atoms with Crippen LogP contribution >= 0.6 is 15.2 Å². The van der Waals surface area contributed by atoms with Crippen molar-refractivity contribution in [3.8, 4) is 23.0 Å². The molecule has 0 bridgehead atoms. The van der Waals surface area contributed by atoms with Crippen molar-refractivity contribution in [3.63, 3.8) is 0 Å². The molecule has 2 aromatic rings. The van der Waals surface area contributed by atoms with Crippen LogP contribution in [0.4, 0.5) is 5.69 Å². The topological polar surface area (TPSA) is 225 Å². The highest BCUT2D eigenvalue weighted by Crippen LogP contribution is 2.61. The standard InChI is InChI=1S/C22H31NO11P2/c1-3-13(15-6-5-12(24)11-18(15)26)14(4-2)16-7-8-17(25)21(22(16)28)23-19(27)9-10-20(35(29,30)31)36(32,33)34/h5-8,11,13-14,20,24-26,28H,3-4,9-10H2,1-2H3,(H,23,27)(H2,29,30,31)(H2,32,33,34). The zero-order chi connectivity index (χ0) is 27.4. The minimum atomic E-state index is -5.21. The van der Waals surface area contributed by atoms with Gasteiger partial charge in [-0.3, -0.25) is 13.9 Å². The van der Waals surface area contributed by atoms with Crippen LogP contribution in [0.25, 0.3) is 0 Å². The maximum atomic E-state index is 12.4. The van der Waals surface area contributed by atoms with Gasteiger partial charge in [0.1, 0.15) is 28.7 Å². The van der Waals surface area contributed by atoms with Crippen LogP contribution in [0.1, 0.15) is 62.5 Å². The zero-order valence-electron chi connectivity index (χ0n) is 19.6. The number of benzene rings is 2. The molecule has 0 heterocycles. The lowest BCUT2D eigenvalue weighted by Gasteiger charge is -2.28. The number of carbonyl (C=O) groups is 1. The van der Waals surface area contributed by atoms with Crippen molar-refractivity contribution in [2.75, 3.05) is 5.32 Å². The lowest BCUT2D eigenvalue weighted by atomic mass is 9.77. The van der Waals surface area contributed by atoms with Crippen LogP contribution in [0.15, 0.2) is 30.3 Å². The number of phenols is 4. The van der Waals surface area contributed by atoms with Crippen LogP contribution in [0.5, 0.6) is 23.0 Å². The molecule has 0 aliphatic rings. The Morgan fingerprint density at radius 1 is 0.833 bits per heavy atom. The van der Waals surface area contributed by atoms with E-state index in [9.17, 15) is 53.9 Å². The average Bonchev–Trinajstić information content (AvgIpc) is 2.74. The number of rotatable bonds is 11. The number of phenolic OH excluding ortho intramolecular Hbond substituents is 4. The van der Waals surface area contributed by atoms with E-state index in [0.717, 1.165) is 0 Å². The Bertz CT molecular complexity index is 1170. The molecule has 0 spiro atoms. The Morgan fingerprint density at radius 2 is 1.36 bits per heavy atom. The molecule has 0 aliphatic heterocycles. The minimum absolute atomic E-state index is 0.114. The number of nitrogens with one attached hydrogen (secondary N) is 1. The normalized spacial score (nSPS) is 14.0. The van der Waals surface area contributed by atoms with Gasteiger partial charge in [0.2, 0.25) is 5.91 Å². The molecule has 2 rings (SSSR count). The summed E-state index contributed by atoms with van der Waals surface area (Å²) in [5, 5.41) is 41.0. The third-order valence-electron chi connectivity index (χ3n) is 6.04. The number of hydrogen-bond acceptors (Lipinski definition) is 7. The highest BCUT2D eigenvalue weighted by Gasteiger charge is 2.43. The van der Waals surface area contributed by atoms with Crippen molar-refractivity contribution in [2.45, 2.75) is 56.8 Å². The quantitative estimate of drug-likeness (QED) is 0.146. The summed E-state index contributed by atoms with van der Waals surface area (Å²) in [7, 11) is -10.4. The predicted octanol–water partition coefficient (Wildman–Crippen LogP) is 3.60. The van der Waals surface area contributed by atoms with E-state index in [1.54, 1.807) is 6.07 Å². The van der Waals surface area contributed by atoms with Crippen molar-refractivity contribution >= 4 is 26.8 Å². The van der Waals surface area contributed by atoms with Gasteiger partial charge >= 0.3 is 15.2 Å². The average molecular weight is 547 g/mol. The van der Waals surface area contributed by atoms with Crippen molar-refractivity contribution < 1.29 is 53.9 Å². The van der Waals surface area contributed by atoms with E-state index in [1.807, 2.05) is 13.8 Å². The molecular weight excluding hydrogens is 516 g/mol. The Labute approximate surface area is 207 Å². The molecule has 0 radical (unpaired) electrons. The lowest BCUT2D eigenvalue weighted by Crippen LogP contribution is -2.17. The van der Waals surface area contributed by atoms with Gasteiger partial charge in [0.15, 0.2) is 5.40 Å². The van der Waals surface area contributed by atoms with Gasteiger partial charge < -0.3 is 45.3 Å². The van der Waals surface area contributed by atoms with Gasteiger partial charge in [-0.05, 0) is 48.8 Å². The van der Waals surface area contributed by atoms with Crippen molar-refractivity contribution in [2.24, 2.45) is 0 Å². The van der Waals surface area contributed by atoms with E-state index in [0.29, 0.717) is 24.0 Å². The number of aromatic hydroxyl groups is 4. The van der Waals surface area contributed by atoms with E-state index >= 15 is 0 Å².